The van der Waals surface area contributed by atoms with Gasteiger partial charge >= 0.3 is 0 Å². The molecule has 0 aromatic rings. The predicted molar refractivity (Wildman–Crippen MR) is 70.2 cm³/mol. The number of hydrogen-bond donors (Lipinski definition) is 0. The highest BCUT2D eigenvalue weighted by atomic mass is 16.1. The molecule has 0 aliphatic rings. The van der Waals surface area contributed by atoms with Crippen LogP contribution >= 0.6 is 0 Å². The molecule has 0 bridgehead atoms. The maximum absolute atomic E-state index is 11.3. The Morgan fingerprint density at radius 1 is 1.06 bits per heavy atom. The fourth-order valence-electron chi connectivity index (χ4n) is 1.41. The quantitative estimate of drug-likeness (QED) is 0.388. The Hall–Kier alpha value is -0.850. The minimum atomic E-state index is 0.0768. The van der Waals surface area contributed by atoms with Crippen molar-refractivity contribution in [3.8, 4) is 0 Å². The number of hydrogen-bond acceptors (Lipinski definition) is 1. The molecule has 0 N–H and O–H groups in total. The van der Waals surface area contributed by atoms with Crippen LogP contribution in [0.15, 0.2) is 18.2 Å². The molecule has 0 atom stereocenters. The fourth-order valence-corrected chi connectivity index (χ4v) is 1.41. The van der Waals surface area contributed by atoms with Crippen LogP contribution in [-0.2, 0) is 4.79 Å². The molecule has 0 saturated carbocycles. The Morgan fingerprint density at radius 3 is 2.44 bits per heavy atom. The Kier molecular flexibility index (Phi) is 11.6. The Morgan fingerprint density at radius 2 is 1.75 bits per heavy atom. The number of rotatable bonds is 10. The lowest BCUT2D eigenvalue weighted by atomic mass is 10.1. The fraction of sp³-hybridized carbons (Fsp3) is 0.667. The molecule has 0 aliphatic heterocycles. The number of unbranched alkanes of at least 4 members (excludes halogenated alkanes) is 6. The van der Waals surface area contributed by atoms with Crippen molar-refractivity contribution in [1.82, 2.24) is 0 Å². The molecular formula is C15H25O. The van der Waals surface area contributed by atoms with Crippen LogP contribution in [0.2, 0.25) is 0 Å². The third kappa shape index (κ3) is 11.2. The van der Waals surface area contributed by atoms with Gasteiger partial charge in [-0.15, -0.1) is 0 Å². The first kappa shape index (κ1) is 15.2. The summed E-state index contributed by atoms with van der Waals surface area (Å²) in [5.41, 5.74) is 0. The molecule has 16 heavy (non-hydrogen) atoms. The van der Waals surface area contributed by atoms with Crippen molar-refractivity contribution in [1.29, 1.82) is 0 Å². The van der Waals surface area contributed by atoms with E-state index in [0.717, 1.165) is 19.3 Å². The molecular weight excluding hydrogens is 196 g/mol. The maximum Gasteiger partial charge on any atom is 0.178 e. The topological polar surface area (TPSA) is 17.1 Å². The highest BCUT2D eigenvalue weighted by Crippen LogP contribution is 2.01. The zero-order chi connectivity index (χ0) is 12.1. The second-order valence-electron chi connectivity index (χ2n) is 4.11. The van der Waals surface area contributed by atoms with Gasteiger partial charge in [-0.25, -0.2) is 0 Å². The van der Waals surface area contributed by atoms with Crippen LogP contribution in [0.3, 0.4) is 0 Å². The van der Waals surface area contributed by atoms with E-state index in [1.54, 1.807) is 12.2 Å². The number of allylic oxidation sites excluding steroid dienone is 4. The average molecular weight is 221 g/mol. The summed E-state index contributed by atoms with van der Waals surface area (Å²) in [5, 5.41) is 0. The Labute approximate surface area is 101 Å². The van der Waals surface area contributed by atoms with Crippen molar-refractivity contribution in [2.75, 3.05) is 0 Å². The van der Waals surface area contributed by atoms with E-state index in [0.29, 0.717) is 0 Å². The Balaban J connectivity index is 3.48. The van der Waals surface area contributed by atoms with Gasteiger partial charge in [0.15, 0.2) is 5.78 Å². The first-order valence-corrected chi connectivity index (χ1v) is 6.58. The van der Waals surface area contributed by atoms with Gasteiger partial charge in [-0.05, 0) is 43.9 Å². The summed E-state index contributed by atoms with van der Waals surface area (Å²) >= 11 is 0. The third-order valence-electron chi connectivity index (χ3n) is 2.43. The molecule has 0 spiro atoms. The zero-order valence-electron chi connectivity index (χ0n) is 10.8. The standard InChI is InChI=1S/C15H25O/c1-3-5-7-9-11-13-15(16)14-12-10-8-6-4-2/h11,13-14H,3-10H2,1-2H3/b13-11+,14-12?. The predicted octanol–water partition coefficient (Wildman–Crippen LogP) is 4.63. The molecule has 1 nitrogen and oxygen atoms in total. The second kappa shape index (κ2) is 12.2. The molecule has 1 radical (unpaired) electrons. The Bertz CT molecular complexity index is 191. The lowest BCUT2D eigenvalue weighted by molar-refractivity contribution is -0.110. The van der Waals surface area contributed by atoms with E-state index < -0.39 is 0 Å². The van der Waals surface area contributed by atoms with Crippen molar-refractivity contribution in [3.63, 3.8) is 0 Å². The van der Waals surface area contributed by atoms with Gasteiger partial charge < -0.3 is 0 Å². The largest absolute Gasteiger partial charge is 0.290 e. The van der Waals surface area contributed by atoms with Crippen LogP contribution in [0.1, 0.15) is 65.2 Å². The molecule has 1 heteroatoms. The van der Waals surface area contributed by atoms with E-state index in [-0.39, 0.29) is 5.78 Å². The first-order chi connectivity index (χ1) is 7.81. The molecule has 0 saturated heterocycles. The molecule has 0 aliphatic carbocycles. The lowest BCUT2D eigenvalue weighted by Gasteiger charge is -1.91. The average Bonchev–Trinajstić information content (AvgIpc) is 2.28. The minimum absolute atomic E-state index is 0.0768. The molecule has 0 rings (SSSR count). The van der Waals surface area contributed by atoms with Crippen molar-refractivity contribution in [2.24, 2.45) is 0 Å². The number of ketones is 1. The summed E-state index contributed by atoms with van der Waals surface area (Å²) in [6.07, 6.45) is 17.4. The summed E-state index contributed by atoms with van der Waals surface area (Å²) in [6, 6.07) is 0. The second-order valence-corrected chi connectivity index (χ2v) is 4.11. The van der Waals surface area contributed by atoms with Crippen molar-refractivity contribution in [2.45, 2.75) is 65.2 Å². The maximum atomic E-state index is 11.3. The smallest absolute Gasteiger partial charge is 0.178 e. The molecule has 0 unspecified atom stereocenters. The molecule has 0 aromatic carbocycles. The first-order valence-electron chi connectivity index (χ1n) is 6.58. The minimum Gasteiger partial charge on any atom is -0.290 e. The highest BCUT2D eigenvalue weighted by Gasteiger charge is 1.89. The lowest BCUT2D eigenvalue weighted by Crippen LogP contribution is -1.85. The summed E-state index contributed by atoms with van der Waals surface area (Å²) < 4.78 is 0. The van der Waals surface area contributed by atoms with Crippen molar-refractivity contribution >= 4 is 5.78 Å². The van der Waals surface area contributed by atoms with E-state index in [9.17, 15) is 4.79 Å². The van der Waals surface area contributed by atoms with Crippen molar-refractivity contribution in [3.05, 3.63) is 24.3 Å². The number of carbonyl (C=O) groups is 1. The van der Waals surface area contributed by atoms with Crippen molar-refractivity contribution < 1.29 is 4.79 Å². The zero-order valence-corrected chi connectivity index (χ0v) is 10.8. The van der Waals surface area contributed by atoms with Crippen LogP contribution in [-0.4, -0.2) is 5.78 Å². The molecule has 91 valence electrons. The summed E-state index contributed by atoms with van der Waals surface area (Å²) in [4.78, 5) is 11.3. The summed E-state index contributed by atoms with van der Waals surface area (Å²) in [6.45, 7) is 4.36. The van der Waals surface area contributed by atoms with E-state index in [1.807, 2.05) is 6.08 Å². The molecule has 0 amide bonds. The van der Waals surface area contributed by atoms with E-state index in [2.05, 4.69) is 19.9 Å². The van der Waals surface area contributed by atoms with Gasteiger partial charge in [-0.3, -0.25) is 4.79 Å². The van der Waals surface area contributed by atoms with Gasteiger partial charge in [0.25, 0.3) is 0 Å². The van der Waals surface area contributed by atoms with Gasteiger partial charge in [0.05, 0.1) is 0 Å². The van der Waals surface area contributed by atoms with Crippen LogP contribution in [0, 0.1) is 6.08 Å². The molecule has 0 heterocycles. The van der Waals surface area contributed by atoms with Gasteiger partial charge in [0.1, 0.15) is 0 Å². The van der Waals surface area contributed by atoms with Gasteiger partial charge in [0.2, 0.25) is 0 Å². The van der Waals surface area contributed by atoms with Gasteiger partial charge in [-0.1, -0.05) is 45.6 Å². The van der Waals surface area contributed by atoms with Crippen LogP contribution in [0.5, 0.6) is 0 Å². The highest BCUT2D eigenvalue weighted by molar-refractivity contribution is 5.98. The van der Waals surface area contributed by atoms with Crippen LogP contribution in [0.4, 0.5) is 0 Å². The molecule has 0 fully saturated rings. The summed E-state index contributed by atoms with van der Waals surface area (Å²) in [5.74, 6) is 0.0768. The van der Waals surface area contributed by atoms with Gasteiger partial charge in [0, 0.05) is 0 Å². The molecule has 0 aromatic heterocycles. The van der Waals surface area contributed by atoms with Crippen LogP contribution < -0.4 is 0 Å². The van der Waals surface area contributed by atoms with E-state index in [4.69, 9.17) is 0 Å². The van der Waals surface area contributed by atoms with Gasteiger partial charge in [-0.2, -0.15) is 0 Å². The summed E-state index contributed by atoms with van der Waals surface area (Å²) in [7, 11) is 0. The SMILES string of the molecule is CCCCC/[C]=C\C(=O)/C=C/CCCCC. The normalized spacial score (nSPS) is 11.6. The van der Waals surface area contributed by atoms with Crippen LogP contribution in [0.25, 0.3) is 0 Å². The van der Waals surface area contributed by atoms with E-state index in [1.165, 1.54) is 32.1 Å². The number of carbonyl (C=O) groups excluding carboxylic acids is 1. The van der Waals surface area contributed by atoms with E-state index >= 15 is 0 Å². The monoisotopic (exact) mass is 221 g/mol. The third-order valence-corrected chi connectivity index (χ3v) is 2.43.